The Morgan fingerprint density at radius 1 is 1.05 bits per heavy atom. The number of methoxy groups -OCH3 is 1. The van der Waals surface area contributed by atoms with E-state index in [-0.39, 0.29) is 23.7 Å². The average molecular weight is 793 g/mol. The highest BCUT2D eigenvalue weighted by Gasteiger charge is 2.52. The predicted molar refractivity (Wildman–Crippen MR) is 221 cm³/mol. The Balaban J connectivity index is 1.03. The van der Waals surface area contributed by atoms with E-state index < -0.39 is 36.7 Å². The Morgan fingerprint density at radius 2 is 1.82 bits per heavy atom. The number of alkyl carbamates (subject to hydrolysis) is 1. The standard InChI is InChI=1S/C44H50BFN4O6S/c1-24(2)39(48-42(52)53-7)40(51)49-16-8-9-34(49)32-20-28(23-47-32)26-19-31(46)38-35-21-27-18-29(45-55-43(3,4)44(5,6)56-45)12-14-33(27)50(35)41(54-36(38)22-26)37-15-13-30(57-37)17-25-10-11-25/h12-15,18-19,21-25,34,39,41H,8-11,16-17,20H2,1-7H3,(H,48,52)/t34?,39-,41?/m0/s1. The fraction of sp³-hybridized carbons (Fsp3) is 0.477. The third-order valence-electron chi connectivity index (χ3n) is 12.7. The summed E-state index contributed by atoms with van der Waals surface area (Å²) in [4.78, 5) is 34.9. The Morgan fingerprint density at radius 3 is 2.54 bits per heavy atom. The smallest absolute Gasteiger partial charge is 0.464 e. The number of rotatable bonds is 9. The summed E-state index contributed by atoms with van der Waals surface area (Å²) in [6.07, 6.45) is 6.37. The van der Waals surface area contributed by atoms with Crippen LogP contribution in [0.3, 0.4) is 0 Å². The van der Waals surface area contributed by atoms with Gasteiger partial charge in [-0.05, 0) is 125 Å². The summed E-state index contributed by atoms with van der Waals surface area (Å²) >= 11 is 1.77. The molecule has 2 unspecified atom stereocenters. The van der Waals surface area contributed by atoms with Crippen molar-refractivity contribution in [3.63, 3.8) is 0 Å². The second-order valence-corrected chi connectivity index (χ2v) is 18.8. The van der Waals surface area contributed by atoms with Gasteiger partial charge in [0.15, 0.2) is 0 Å². The maximum Gasteiger partial charge on any atom is 0.494 e. The van der Waals surface area contributed by atoms with Gasteiger partial charge in [-0.2, -0.15) is 0 Å². The van der Waals surface area contributed by atoms with Gasteiger partial charge in [0, 0.05) is 35.1 Å². The van der Waals surface area contributed by atoms with Crippen LogP contribution in [0.1, 0.15) is 95.2 Å². The van der Waals surface area contributed by atoms with E-state index in [4.69, 9.17) is 23.8 Å². The molecule has 1 N–H and O–H groups in total. The Hall–Kier alpha value is -4.46. The van der Waals surface area contributed by atoms with Crippen LogP contribution in [-0.4, -0.2) is 71.2 Å². The molecule has 10 nitrogen and oxygen atoms in total. The van der Waals surface area contributed by atoms with Crippen molar-refractivity contribution in [3.8, 4) is 17.0 Å². The molecule has 57 heavy (non-hydrogen) atoms. The molecule has 0 spiro atoms. The molecule has 1 saturated carbocycles. The van der Waals surface area contributed by atoms with Crippen molar-refractivity contribution in [2.24, 2.45) is 16.8 Å². The van der Waals surface area contributed by atoms with Gasteiger partial charge in [-0.3, -0.25) is 14.4 Å². The van der Waals surface area contributed by atoms with Crippen LogP contribution in [-0.2, 0) is 25.3 Å². The van der Waals surface area contributed by atoms with Crippen molar-refractivity contribution in [1.82, 2.24) is 14.8 Å². The molecule has 2 saturated heterocycles. The lowest BCUT2D eigenvalue weighted by Crippen LogP contribution is -2.53. The summed E-state index contributed by atoms with van der Waals surface area (Å²) in [7, 11) is 0.768. The number of hydrogen-bond acceptors (Lipinski definition) is 8. The van der Waals surface area contributed by atoms with Gasteiger partial charge in [0.25, 0.3) is 0 Å². The number of nitrogens with one attached hydrogen (secondary N) is 1. The summed E-state index contributed by atoms with van der Waals surface area (Å²) in [6, 6.07) is 15.2. The first-order chi connectivity index (χ1) is 27.2. The molecule has 2 amide bonds. The van der Waals surface area contributed by atoms with E-state index in [2.05, 4.69) is 40.2 Å². The molecular formula is C44H50BFN4O6S. The fourth-order valence-corrected chi connectivity index (χ4v) is 9.77. The van der Waals surface area contributed by atoms with Crippen LogP contribution in [0, 0.1) is 17.7 Å². The van der Waals surface area contributed by atoms with Gasteiger partial charge < -0.3 is 29.0 Å². The van der Waals surface area contributed by atoms with Crippen LogP contribution in [0.2, 0.25) is 0 Å². The number of halogens is 1. The van der Waals surface area contributed by atoms with Crippen molar-refractivity contribution in [1.29, 1.82) is 0 Å². The third kappa shape index (κ3) is 6.79. The van der Waals surface area contributed by atoms with E-state index in [9.17, 15) is 9.59 Å². The number of likely N-dealkylation sites (tertiary alicyclic amines) is 1. The molecule has 5 aliphatic rings. The van der Waals surface area contributed by atoms with Crippen LogP contribution in [0.5, 0.6) is 5.75 Å². The van der Waals surface area contributed by atoms with Crippen molar-refractivity contribution >= 4 is 58.1 Å². The van der Waals surface area contributed by atoms with Crippen molar-refractivity contribution < 1.29 is 32.8 Å². The summed E-state index contributed by atoms with van der Waals surface area (Å²) < 4.78 is 43.4. The van der Waals surface area contributed by atoms with Crippen LogP contribution in [0.4, 0.5) is 9.18 Å². The van der Waals surface area contributed by atoms with Crippen LogP contribution >= 0.6 is 11.3 Å². The van der Waals surface area contributed by atoms with E-state index in [1.165, 1.54) is 24.8 Å². The van der Waals surface area contributed by atoms with E-state index in [1.807, 2.05) is 58.6 Å². The number of thiophene rings is 1. The molecule has 4 aliphatic heterocycles. The molecule has 6 heterocycles. The number of carbonyl (C=O) groups excluding carboxylic acids is 2. The van der Waals surface area contributed by atoms with Gasteiger partial charge in [-0.25, -0.2) is 9.18 Å². The SMILES string of the molecule is COC(=O)N[C@H](C(=O)N1CCCC1C1=NC=C(c2cc(F)c3c(c2)OC(c2ccc(CC4CC4)s2)n2c-3cc3cc(B4OC(C)(C)C(C)(C)O4)ccc32)C1)C(C)C. The highest BCUT2D eigenvalue weighted by Crippen LogP contribution is 2.48. The van der Waals surface area contributed by atoms with Crippen LogP contribution < -0.4 is 15.5 Å². The second-order valence-electron chi connectivity index (χ2n) is 17.6. The zero-order valence-electron chi connectivity index (χ0n) is 33.7. The molecule has 3 fully saturated rings. The topological polar surface area (TPSA) is 104 Å². The van der Waals surface area contributed by atoms with Crippen molar-refractivity contribution in [2.75, 3.05) is 13.7 Å². The summed E-state index contributed by atoms with van der Waals surface area (Å²) in [5.74, 6) is 0.577. The maximum absolute atomic E-state index is 16.7. The number of nitrogens with zero attached hydrogens (tertiary/aromatic N) is 3. The van der Waals surface area contributed by atoms with Crippen LogP contribution in [0.25, 0.3) is 27.7 Å². The molecule has 0 bridgehead atoms. The average Bonchev–Trinajstić information content (AvgIpc) is 3.65. The third-order valence-corrected chi connectivity index (χ3v) is 13.9. The lowest BCUT2D eigenvalue weighted by molar-refractivity contribution is -0.134. The number of carbonyl (C=O) groups is 2. The molecule has 3 atom stereocenters. The molecule has 2 aromatic heterocycles. The van der Waals surface area contributed by atoms with Gasteiger partial charge in [0.05, 0.1) is 46.0 Å². The maximum atomic E-state index is 16.7. The van der Waals surface area contributed by atoms with Gasteiger partial charge in [0.1, 0.15) is 17.6 Å². The Kier molecular flexibility index (Phi) is 9.44. The van der Waals surface area contributed by atoms with Gasteiger partial charge in [-0.15, -0.1) is 11.3 Å². The molecule has 0 radical (unpaired) electrons. The number of hydrogen-bond donors (Lipinski definition) is 1. The molecular weight excluding hydrogens is 742 g/mol. The number of amides is 2. The molecule has 9 rings (SSSR count). The summed E-state index contributed by atoms with van der Waals surface area (Å²) in [5.41, 5.74) is 4.48. The minimum absolute atomic E-state index is 0.130. The highest BCUT2D eigenvalue weighted by atomic mass is 32.1. The normalized spacial score (nSPS) is 22.6. The lowest BCUT2D eigenvalue weighted by Gasteiger charge is -2.32. The monoisotopic (exact) mass is 792 g/mol. The van der Waals surface area contributed by atoms with Gasteiger partial charge in [-0.1, -0.05) is 26.0 Å². The zero-order chi connectivity index (χ0) is 40.0. The molecule has 298 valence electrons. The predicted octanol–water partition coefficient (Wildman–Crippen LogP) is 8.26. The summed E-state index contributed by atoms with van der Waals surface area (Å²) in [6.45, 7) is 12.6. The quantitative estimate of drug-likeness (QED) is 0.171. The second kappa shape index (κ2) is 14.1. The highest BCUT2D eigenvalue weighted by molar-refractivity contribution is 7.12. The number of allylic oxidation sites excluding steroid dienone is 1. The van der Waals surface area contributed by atoms with Crippen molar-refractivity contribution in [3.05, 3.63) is 75.9 Å². The first kappa shape index (κ1) is 38.1. The minimum Gasteiger partial charge on any atom is -0.464 e. The zero-order valence-corrected chi connectivity index (χ0v) is 34.5. The minimum atomic E-state index is -0.716. The largest absolute Gasteiger partial charge is 0.494 e. The van der Waals surface area contributed by atoms with Crippen molar-refractivity contribution in [2.45, 2.75) is 110 Å². The van der Waals surface area contributed by atoms with E-state index >= 15 is 4.39 Å². The molecule has 2 aromatic carbocycles. The van der Waals surface area contributed by atoms with Gasteiger partial charge in [0.2, 0.25) is 12.1 Å². The van der Waals surface area contributed by atoms with Crippen LogP contribution in [0.15, 0.2) is 59.7 Å². The molecule has 13 heteroatoms. The van der Waals surface area contributed by atoms with E-state index in [1.54, 1.807) is 23.6 Å². The van der Waals surface area contributed by atoms with Gasteiger partial charge >= 0.3 is 13.2 Å². The number of aromatic nitrogens is 1. The summed E-state index contributed by atoms with van der Waals surface area (Å²) in [5, 5.41) is 3.66. The first-order valence-electron chi connectivity index (χ1n) is 20.2. The molecule has 1 aliphatic carbocycles. The number of ether oxygens (including phenoxy) is 2. The Bertz CT molecular complexity index is 2330. The fourth-order valence-electron chi connectivity index (χ4n) is 8.62. The first-order valence-corrected chi connectivity index (χ1v) is 21.0. The number of aliphatic imine (C=N–C) groups is 1. The number of benzene rings is 2. The number of fused-ring (bicyclic) bond motifs is 5. The molecule has 4 aromatic rings. The Labute approximate surface area is 337 Å². The van der Waals surface area contributed by atoms with E-state index in [0.717, 1.165) is 63.4 Å². The van der Waals surface area contributed by atoms with E-state index in [0.29, 0.717) is 29.8 Å². The lowest BCUT2D eigenvalue weighted by atomic mass is 9.78.